The topological polar surface area (TPSA) is 87.3 Å². The molecule has 0 bridgehead atoms. The highest BCUT2D eigenvalue weighted by Crippen LogP contribution is 2.36. The highest BCUT2D eigenvalue weighted by Gasteiger charge is 2.30. The predicted molar refractivity (Wildman–Crippen MR) is 101 cm³/mol. The molecule has 2 atom stereocenters. The molecular formula is C19H17F2N3O3S. The van der Waals surface area contributed by atoms with E-state index in [2.05, 4.69) is 16.0 Å². The molecule has 0 fully saturated rings. The largest absolute Gasteiger partial charge is 0.357 e. The normalized spacial score (nSPS) is 16.5. The number of anilines is 1. The fraction of sp³-hybridized carbons (Fsp3) is 0.211. The SMILES string of the molecule is CNC(=O)C(NC(=O)CC1Sc2ccccc2NC1=O)c1ccc(F)c(F)c1. The van der Waals surface area contributed by atoms with Gasteiger partial charge in [-0.3, -0.25) is 14.4 Å². The first kappa shape index (κ1) is 19.8. The number of fused-ring (bicyclic) bond motifs is 1. The van der Waals surface area contributed by atoms with Gasteiger partial charge < -0.3 is 16.0 Å². The van der Waals surface area contributed by atoms with E-state index in [1.54, 1.807) is 12.1 Å². The van der Waals surface area contributed by atoms with Crippen molar-refractivity contribution in [3.05, 3.63) is 59.7 Å². The first-order valence-corrected chi connectivity index (χ1v) is 9.29. The highest BCUT2D eigenvalue weighted by atomic mass is 32.2. The Hall–Kier alpha value is -2.94. The zero-order chi connectivity index (χ0) is 20.3. The number of carbonyl (C=O) groups is 3. The lowest BCUT2D eigenvalue weighted by atomic mass is 10.1. The molecule has 0 saturated heterocycles. The highest BCUT2D eigenvalue weighted by molar-refractivity contribution is 8.01. The van der Waals surface area contributed by atoms with Gasteiger partial charge in [-0.05, 0) is 29.8 Å². The van der Waals surface area contributed by atoms with Crippen LogP contribution in [0.2, 0.25) is 0 Å². The van der Waals surface area contributed by atoms with Crippen molar-refractivity contribution in [2.24, 2.45) is 0 Å². The van der Waals surface area contributed by atoms with E-state index in [1.807, 2.05) is 12.1 Å². The Balaban J connectivity index is 1.73. The van der Waals surface area contributed by atoms with Crippen LogP contribution in [0, 0.1) is 11.6 Å². The first-order chi connectivity index (χ1) is 13.4. The average Bonchev–Trinajstić information content (AvgIpc) is 2.68. The minimum absolute atomic E-state index is 0.0951. The van der Waals surface area contributed by atoms with Crippen molar-refractivity contribution in [2.75, 3.05) is 12.4 Å². The van der Waals surface area contributed by atoms with Crippen LogP contribution in [0.1, 0.15) is 18.0 Å². The van der Waals surface area contributed by atoms with Crippen molar-refractivity contribution < 1.29 is 23.2 Å². The molecule has 0 aliphatic carbocycles. The lowest BCUT2D eigenvalue weighted by molar-refractivity contribution is -0.129. The van der Waals surface area contributed by atoms with Crippen molar-refractivity contribution in [3.8, 4) is 0 Å². The molecule has 3 amide bonds. The summed E-state index contributed by atoms with van der Waals surface area (Å²) in [5.74, 6) is -3.65. The summed E-state index contributed by atoms with van der Waals surface area (Å²) in [6.45, 7) is 0. The summed E-state index contributed by atoms with van der Waals surface area (Å²) in [6, 6.07) is 8.96. The maximum atomic E-state index is 13.5. The van der Waals surface area contributed by atoms with Crippen LogP contribution in [-0.2, 0) is 14.4 Å². The number of thioether (sulfide) groups is 1. The van der Waals surface area contributed by atoms with Crippen LogP contribution >= 0.6 is 11.8 Å². The number of rotatable bonds is 5. The van der Waals surface area contributed by atoms with Gasteiger partial charge in [-0.25, -0.2) is 8.78 Å². The maximum Gasteiger partial charge on any atom is 0.246 e. The van der Waals surface area contributed by atoms with E-state index in [0.717, 1.165) is 17.0 Å². The summed E-state index contributed by atoms with van der Waals surface area (Å²) in [5, 5.41) is 6.93. The van der Waals surface area contributed by atoms with Crippen LogP contribution in [0.25, 0.3) is 0 Å². The van der Waals surface area contributed by atoms with Gasteiger partial charge in [0.1, 0.15) is 6.04 Å². The van der Waals surface area contributed by atoms with Gasteiger partial charge in [0.2, 0.25) is 17.7 Å². The van der Waals surface area contributed by atoms with E-state index in [1.165, 1.54) is 24.9 Å². The molecule has 1 aliphatic heterocycles. The molecule has 9 heteroatoms. The quantitative estimate of drug-likeness (QED) is 0.713. The number of likely N-dealkylation sites (N-methyl/N-ethyl adjacent to an activating group) is 1. The Morgan fingerprint density at radius 2 is 1.93 bits per heavy atom. The molecule has 0 saturated carbocycles. The van der Waals surface area contributed by atoms with Crippen molar-refractivity contribution in [1.82, 2.24) is 10.6 Å². The molecule has 3 N–H and O–H groups in total. The van der Waals surface area contributed by atoms with Gasteiger partial charge >= 0.3 is 0 Å². The molecule has 2 aromatic carbocycles. The Kier molecular flexibility index (Phi) is 5.93. The number of benzene rings is 2. The van der Waals surface area contributed by atoms with Gasteiger partial charge in [-0.2, -0.15) is 0 Å². The summed E-state index contributed by atoms with van der Waals surface area (Å²) < 4.78 is 26.7. The summed E-state index contributed by atoms with van der Waals surface area (Å²) in [5.41, 5.74) is 0.775. The fourth-order valence-corrected chi connectivity index (χ4v) is 3.86. The van der Waals surface area contributed by atoms with E-state index in [9.17, 15) is 23.2 Å². The molecule has 2 aromatic rings. The minimum atomic E-state index is -1.21. The van der Waals surface area contributed by atoms with E-state index in [4.69, 9.17) is 0 Å². The Morgan fingerprint density at radius 1 is 1.18 bits per heavy atom. The smallest absolute Gasteiger partial charge is 0.246 e. The Labute approximate surface area is 164 Å². The first-order valence-electron chi connectivity index (χ1n) is 8.41. The lowest BCUT2D eigenvalue weighted by Crippen LogP contribution is -2.41. The van der Waals surface area contributed by atoms with E-state index >= 15 is 0 Å². The van der Waals surface area contributed by atoms with Crippen molar-refractivity contribution in [3.63, 3.8) is 0 Å². The third kappa shape index (κ3) is 4.30. The number of nitrogens with one attached hydrogen (secondary N) is 3. The Morgan fingerprint density at radius 3 is 2.64 bits per heavy atom. The lowest BCUT2D eigenvalue weighted by Gasteiger charge is -2.24. The van der Waals surface area contributed by atoms with Crippen LogP contribution in [0.3, 0.4) is 0 Å². The maximum absolute atomic E-state index is 13.5. The second-order valence-electron chi connectivity index (χ2n) is 6.08. The molecule has 1 heterocycles. The van der Waals surface area contributed by atoms with Gasteiger partial charge in [-0.1, -0.05) is 18.2 Å². The molecule has 0 aromatic heterocycles. The molecule has 28 heavy (non-hydrogen) atoms. The predicted octanol–water partition coefficient (Wildman–Crippen LogP) is 2.37. The zero-order valence-electron chi connectivity index (χ0n) is 14.8. The molecule has 0 spiro atoms. The number of amides is 3. The average molecular weight is 405 g/mol. The molecule has 2 unspecified atom stereocenters. The van der Waals surface area contributed by atoms with E-state index < -0.39 is 34.7 Å². The van der Waals surface area contributed by atoms with Gasteiger partial charge in [0.05, 0.1) is 10.9 Å². The van der Waals surface area contributed by atoms with Crippen LogP contribution in [0.5, 0.6) is 0 Å². The van der Waals surface area contributed by atoms with Crippen LogP contribution in [0.4, 0.5) is 14.5 Å². The fourth-order valence-electron chi connectivity index (χ4n) is 2.75. The van der Waals surface area contributed by atoms with Crippen LogP contribution in [0.15, 0.2) is 47.4 Å². The van der Waals surface area contributed by atoms with Gasteiger partial charge in [0.15, 0.2) is 11.6 Å². The van der Waals surface area contributed by atoms with Crippen molar-refractivity contribution in [1.29, 1.82) is 0 Å². The standard InChI is InChI=1S/C19H17F2N3O3S/c1-22-19(27)17(10-6-7-11(20)12(21)8-10)24-16(25)9-15-18(26)23-13-4-2-3-5-14(13)28-15/h2-8,15,17H,9H2,1H3,(H,22,27)(H,23,26)(H,24,25). The van der Waals surface area contributed by atoms with E-state index in [-0.39, 0.29) is 17.9 Å². The monoisotopic (exact) mass is 405 g/mol. The van der Waals surface area contributed by atoms with Gasteiger partial charge in [0, 0.05) is 18.4 Å². The Bertz CT molecular complexity index is 938. The van der Waals surface area contributed by atoms with Crippen LogP contribution in [-0.4, -0.2) is 30.0 Å². The summed E-state index contributed by atoms with van der Waals surface area (Å²) in [4.78, 5) is 37.7. The van der Waals surface area contributed by atoms with Crippen molar-refractivity contribution in [2.45, 2.75) is 22.6 Å². The molecule has 1 aliphatic rings. The summed E-state index contributed by atoms with van der Waals surface area (Å²) >= 11 is 1.25. The third-order valence-electron chi connectivity index (χ3n) is 4.17. The number of hydrogen-bond acceptors (Lipinski definition) is 4. The van der Waals surface area contributed by atoms with Gasteiger partial charge in [0.25, 0.3) is 0 Å². The molecule has 0 radical (unpaired) electrons. The van der Waals surface area contributed by atoms with E-state index in [0.29, 0.717) is 5.69 Å². The second kappa shape index (κ2) is 8.39. The molecule has 6 nitrogen and oxygen atoms in total. The minimum Gasteiger partial charge on any atom is -0.357 e. The number of carbonyl (C=O) groups excluding carboxylic acids is 3. The molecular weight excluding hydrogens is 388 g/mol. The zero-order valence-corrected chi connectivity index (χ0v) is 15.6. The third-order valence-corrected chi connectivity index (χ3v) is 5.44. The summed E-state index contributed by atoms with van der Waals surface area (Å²) in [6.07, 6.45) is -0.179. The molecule has 3 rings (SSSR count). The number of hydrogen-bond donors (Lipinski definition) is 3. The summed E-state index contributed by atoms with van der Waals surface area (Å²) in [7, 11) is 1.36. The van der Waals surface area contributed by atoms with Gasteiger partial charge in [-0.15, -0.1) is 11.8 Å². The second-order valence-corrected chi connectivity index (χ2v) is 7.33. The number of para-hydroxylation sites is 1. The van der Waals surface area contributed by atoms with Crippen molar-refractivity contribution >= 4 is 35.2 Å². The number of halogens is 2. The van der Waals surface area contributed by atoms with Crippen LogP contribution < -0.4 is 16.0 Å². The molecule has 146 valence electrons.